The zero-order valence-corrected chi connectivity index (χ0v) is 17.0. The monoisotopic (exact) mass is 396 g/mol. The molecule has 0 aliphatic heterocycles. The molecule has 148 valence electrons. The van der Waals surface area contributed by atoms with Crippen molar-refractivity contribution in [3.63, 3.8) is 0 Å². The fraction of sp³-hybridized carbons (Fsp3) is 0.115. The lowest BCUT2D eigenvalue weighted by Crippen LogP contribution is -2.00. The molecule has 0 aliphatic rings. The first-order valence-electron chi connectivity index (χ1n) is 9.18. The Morgan fingerprint density at radius 3 is 1.63 bits per heavy atom. The third kappa shape index (κ3) is 5.01. The number of rotatable bonds is 3. The molecule has 3 aromatic rings. The first kappa shape index (κ1) is 20.6. The molecular formula is C26H20O4. The van der Waals surface area contributed by atoms with Crippen molar-refractivity contribution in [2.24, 2.45) is 0 Å². The summed E-state index contributed by atoms with van der Waals surface area (Å²) >= 11 is 0. The summed E-state index contributed by atoms with van der Waals surface area (Å²) in [7, 11) is 4.52. The van der Waals surface area contributed by atoms with Crippen molar-refractivity contribution in [2.75, 3.05) is 21.3 Å². The lowest BCUT2D eigenvalue weighted by molar-refractivity contribution is 0.0600. The molecule has 30 heavy (non-hydrogen) atoms. The van der Waals surface area contributed by atoms with E-state index in [1.807, 2.05) is 42.5 Å². The predicted molar refractivity (Wildman–Crippen MR) is 116 cm³/mol. The van der Waals surface area contributed by atoms with Gasteiger partial charge in [0.05, 0.1) is 26.9 Å². The van der Waals surface area contributed by atoms with E-state index in [1.165, 1.54) is 7.11 Å². The summed E-state index contributed by atoms with van der Waals surface area (Å²) in [6.45, 7) is 0. The molecule has 0 spiro atoms. The van der Waals surface area contributed by atoms with E-state index in [2.05, 4.69) is 23.7 Å². The average molecular weight is 396 g/mol. The van der Waals surface area contributed by atoms with Gasteiger partial charge >= 0.3 is 5.97 Å². The fourth-order valence-corrected chi connectivity index (χ4v) is 2.69. The van der Waals surface area contributed by atoms with Crippen molar-refractivity contribution in [3.8, 4) is 35.2 Å². The Morgan fingerprint density at radius 1 is 0.667 bits per heavy atom. The summed E-state index contributed by atoms with van der Waals surface area (Å²) in [6.07, 6.45) is 0. The molecule has 3 rings (SSSR count). The molecular weight excluding hydrogens is 376 g/mol. The van der Waals surface area contributed by atoms with Gasteiger partial charge in [-0.1, -0.05) is 41.9 Å². The minimum atomic E-state index is -0.382. The van der Waals surface area contributed by atoms with Crippen LogP contribution in [0.25, 0.3) is 0 Å². The Hall–Kier alpha value is -4.15. The third-order valence-electron chi connectivity index (χ3n) is 4.29. The number of methoxy groups -OCH3 is 3. The van der Waals surface area contributed by atoms with Crippen LogP contribution in [0, 0.1) is 23.7 Å². The van der Waals surface area contributed by atoms with Gasteiger partial charge in [-0.2, -0.15) is 0 Å². The van der Waals surface area contributed by atoms with E-state index in [4.69, 9.17) is 14.2 Å². The number of hydrogen-bond acceptors (Lipinski definition) is 4. The zero-order valence-electron chi connectivity index (χ0n) is 17.0. The summed E-state index contributed by atoms with van der Waals surface area (Å²) in [4.78, 5) is 11.6. The highest BCUT2D eigenvalue weighted by Gasteiger charge is 2.09. The quantitative estimate of drug-likeness (QED) is 0.489. The van der Waals surface area contributed by atoms with Gasteiger partial charge < -0.3 is 14.2 Å². The molecule has 0 N–H and O–H groups in total. The van der Waals surface area contributed by atoms with Crippen LogP contribution in [0.1, 0.15) is 32.6 Å². The summed E-state index contributed by atoms with van der Waals surface area (Å²) < 4.78 is 15.5. The highest BCUT2D eigenvalue weighted by molar-refractivity contribution is 5.89. The van der Waals surface area contributed by atoms with Gasteiger partial charge in [0, 0.05) is 34.4 Å². The second-order valence-corrected chi connectivity index (χ2v) is 6.19. The number of hydrogen-bond donors (Lipinski definition) is 0. The Balaban J connectivity index is 2.00. The van der Waals surface area contributed by atoms with E-state index in [-0.39, 0.29) is 5.97 Å². The number of ether oxygens (including phenoxy) is 3. The Labute approximate surface area is 176 Å². The maximum Gasteiger partial charge on any atom is 0.337 e. The van der Waals surface area contributed by atoms with Gasteiger partial charge in [0.25, 0.3) is 0 Å². The van der Waals surface area contributed by atoms with E-state index >= 15 is 0 Å². The van der Waals surface area contributed by atoms with Crippen LogP contribution in [0.5, 0.6) is 11.5 Å². The second kappa shape index (κ2) is 9.87. The van der Waals surface area contributed by atoms with Gasteiger partial charge in [0.2, 0.25) is 0 Å². The molecule has 0 aromatic heterocycles. The van der Waals surface area contributed by atoms with Crippen molar-refractivity contribution in [3.05, 3.63) is 94.5 Å². The van der Waals surface area contributed by atoms with Crippen LogP contribution in [0.15, 0.2) is 66.7 Å². The van der Waals surface area contributed by atoms with Crippen LogP contribution in [0.2, 0.25) is 0 Å². The largest absolute Gasteiger partial charge is 0.493 e. The van der Waals surface area contributed by atoms with Gasteiger partial charge in [-0.05, 0) is 36.4 Å². The minimum Gasteiger partial charge on any atom is -0.493 e. The summed E-state index contributed by atoms with van der Waals surface area (Å²) in [5.74, 6) is 13.4. The van der Waals surface area contributed by atoms with Crippen molar-refractivity contribution in [1.82, 2.24) is 0 Å². The highest BCUT2D eigenvalue weighted by atomic mass is 16.5. The summed E-state index contributed by atoms with van der Waals surface area (Å²) in [6, 6.07) is 20.3. The van der Waals surface area contributed by atoms with Crippen LogP contribution in [-0.4, -0.2) is 27.3 Å². The number of carbonyl (C=O) groups is 1. The van der Waals surface area contributed by atoms with E-state index in [0.29, 0.717) is 22.6 Å². The first-order chi connectivity index (χ1) is 14.6. The first-order valence-corrected chi connectivity index (χ1v) is 9.18. The SMILES string of the molecule is COC(=O)c1ccc(C#Cc2cc(OC)c(OC)cc2C#Cc2ccccc2)cc1. The summed E-state index contributed by atoms with van der Waals surface area (Å²) in [5, 5.41) is 0. The molecule has 3 aromatic carbocycles. The van der Waals surface area contributed by atoms with Crippen molar-refractivity contribution in [2.45, 2.75) is 0 Å². The van der Waals surface area contributed by atoms with E-state index in [9.17, 15) is 4.79 Å². The molecule has 0 saturated heterocycles. The average Bonchev–Trinajstić information content (AvgIpc) is 2.81. The topological polar surface area (TPSA) is 44.8 Å². The molecule has 0 saturated carbocycles. The fourth-order valence-electron chi connectivity index (χ4n) is 2.69. The Kier molecular flexibility index (Phi) is 6.77. The smallest absolute Gasteiger partial charge is 0.337 e. The van der Waals surface area contributed by atoms with Crippen LogP contribution >= 0.6 is 0 Å². The van der Waals surface area contributed by atoms with E-state index in [1.54, 1.807) is 38.5 Å². The lowest BCUT2D eigenvalue weighted by atomic mass is 10.0. The maximum absolute atomic E-state index is 11.6. The van der Waals surface area contributed by atoms with Crippen molar-refractivity contribution in [1.29, 1.82) is 0 Å². The zero-order chi connectivity index (χ0) is 21.3. The van der Waals surface area contributed by atoms with Crippen LogP contribution in [0.3, 0.4) is 0 Å². The molecule has 0 radical (unpaired) electrons. The summed E-state index contributed by atoms with van der Waals surface area (Å²) in [5.41, 5.74) is 3.59. The van der Waals surface area contributed by atoms with Gasteiger partial charge in [-0.3, -0.25) is 0 Å². The normalized spacial score (nSPS) is 9.43. The molecule has 0 heterocycles. The molecule has 4 heteroatoms. The van der Waals surface area contributed by atoms with Crippen LogP contribution < -0.4 is 9.47 Å². The van der Waals surface area contributed by atoms with Crippen molar-refractivity contribution >= 4 is 5.97 Å². The molecule has 0 bridgehead atoms. The maximum atomic E-state index is 11.6. The standard InChI is InChI=1S/C26H20O4/c1-28-24-17-22(15-11-19-7-5-4-6-8-19)23(18-25(24)29-2)16-12-20-9-13-21(14-10-20)26(27)30-3/h4-10,13-14,17-18H,1-3H3. The van der Waals surface area contributed by atoms with E-state index < -0.39 is 0 Å². The minimum absolute atomic E-state index is 0.382. The predicted octanol–water partition coefficient (Wildman–Crippen LogP) is 4.29. The number of carbonyl (C=O) groups excluding carboxylic acids is 1. The van der Waals surface area contributed by atoms with Crippen LogP contribution in [-0.2, 0) is 4.74 Å². The molecule has 0 amide bonds. The molecule has 0 atom stereocenters. The third-order valence-corrected chi connectivity index (χ3v) is 4.29. The molecule has 0 fully saturated rings. The van der Waals surface area contributed by atoms with E-state index in [0.717, 1.165) is 16.7 Å². The number of benzene rings is 3. The van der Waals surface area contributed by atoms with Gasteiger partial charge in [-0.15, -0.1) is 0 Å². The van der Waals surface area contributed by atoms with Gasteiger partial charge in [0.1, 0.15) is 0 Å². The molecule has 0 unspecified atom stereocenters. The van der Waals surface area contributed by atoms with Gasteiger partial charge in [0.15, 0.2) is 11.5 Å². The Morgan fingerprint density at radius 2 is 1.17 bits per heavy atom. The lowest BCUT2D eigenvalue weighted by Gasteiger charge is -2.09. The molecule has 4 nitrogen and oxygen atoms in total. The molecule has 0 aliphatic carbocycles. The highest BCUT2D eigenvalue weighted by Crippen LogP contribution is 2.30. The van der Waals surface area contributed by atoms with Crippen molar-refractivity contribution < 1.29 is 19.0 Å². The Bertz CT molecular complexity index is 1160. The van der Waals surface area contributed by atoms with Gasteiger partial charge in [-0.25, -0.2) is 4.79 Å². The number of esters is 1. The second-order valence-electron chi connectivity index (χ2n) is 6.19. The van der Waals surface area contributed by atoms with Crippen LogP contribution in [0.4, 0.5) is 0 Å².